The number of hydrogen-bond acceptors (Lipinski definition) is 4. The Morgan fingerprint density at radius 1 is 1.62 bits per heavy atom. The Kier molecular flexibility index (Phi) is 4.52. The summed E-state index contributed by atoms with van der Waals surface area (Å²) in [6, 6.07) is 2.79. The third-order valence-electron chi connectivity index (χ3n) is 2.05. The van der Waals surface area contributed by atoms with Gasteiger partial charge >= 0.3 is 5.97 Å². The predicted molar refractivity (Wildman–Crippen MR) is 61.4 cm³/mol. The van der Waals surface area contributed by atoms with Crippen molar-refractivity contribution in [1.29, 1.82) is 0 Å². The van der Waals surface area contributed by atoms with Gasteiger partial charge < -0.3 is 14.7 Å². The lowest BCUT2D eigenvalue weighted by Gasteiger charge is -2.18. The number of aromatic nitrogens is 1. The highest BCUT2D eigenvalue weighted by Crippen LogP contribution is 2.17. The van der Waals surface area contributed by atoms with Gasteiger partial charge in [-0.25, -0.2) is 9.78 Å². The summed E-state index contributed by atoms with van der Waals surface area (Å²) in [7, 11) is 3.39. The molecule has 0 saturated heterocycles. The van der Waals surface area contributed by atoms with Crippen molar-refractivity contribution in [2.75, 3.05) is 32.2 Å². The smallest absolute Gasteiger partial charge is 0.335 e. The van der Waals surface area contributed by atoms with Gasteiger partial charge in [-0.05, 0) is 12.1 Å². The van der Waals surface area contributed by atoms with E-state index in [2.05, 4.69) is 4.98 Å². The Morgan fingerprint density at radius 2 is 2.31 bits per heavy atom. The summed E-state index contributed by atoms with van der Waals surface area (Å²) in [5, 5.41) is 9.03. The van der Waals surface area contributed by atoms with Crippen LogP contribution in [0.5, 0.6) is 0 Å². The SMILES string of the molecule is COCCN(C)c1cc(C(=O)O)cc(Cl)n1. The van der Waals surface area contributed by atoms with Crippen molar-refractivity contribution in [2.24, 2.45) is 0 Å². The summed E-state index contributed by atoms with van der Waals surface area (Å²) in [6.45, 7) is 1.15. The Balaban J connectivity index is 2.91. The Labute approximate surface area is 98.6 Å². The molecule has 0 amide bonds. The van der Waals surface area contributed by atoms with Crippen LogP contribution in [0.4, 0.5) is 5.82 Å². The molecule has 0 bridgehead atoms. The molecule has 1 heterocycles. The molecule has 0 aliphatic carbocycles. The third-order valence-corrected chi connectivity index (χ3v) is 2.24. The topological polar surface area (TPSA) is 62.7 Å². The first-order valence-corrected chi connectivity index (χ1v) is 5.03. The van der Waals surface area contributed by atoms with Crippen LogP contribution in [0.3, 0.4) is 0 Å². The summed E-state index contributed by atoms with van der Waals surface area (Å²) in [6.07, 6.45) is 0. The second-order valence-electron chi connectivity index (χ2n) is 3.26. The summed E-state index contributed by atoms with van der Waals surface area (Å²) >= 11 is 5.74. The second kappa shape index (κ2) is 5.67. The molecule has 1 aromatic rings. The monoisotopic (exact) mass is 244 g/mol. The van der Waals surface area contributed by atoms with Crippen LogP contribution in [0.2, 0.25) is 5.15 Å². The van der Waals surface area contributed by atoms with Crippen LogP contribution in [0.15, 0.2) is 12.1 Å². The number of nitrogens with zero attached hydrogens (tertiary/aromatic N) is 2. The number of carbonyl (C=O) groups is 1. The van der Waals surface area contributed by atoms with Gasteiger partial charge in [0.15, 0.2) is 0 Å². The molecule has 6 heteroatoms. The van der Waals surface area contributed by atoms with E-state index in [9.17, 15) is 4.79 Å². The van der Waals surface area contributed by atoms with Crippen molar-refractivity contribution in [1.82, 2.24) is 4.98 Å². The molecular weight excluding hydrogens is 232 g/mol. The molecule has 0 fully saturated rings. The third kappa shape index (κ3) is 3.36. The van der Waals surface area contributed by atoms with E-state index in [1.165, 1.54) is 12.1 Å². The fourth-order valence-electron chi connectivity index (χ4n) is 1.14. The van der Waals surface area contributed by atoms with Crippen molar-refractivity contribution in [3.63, 3.8) is 0 Å². The molecule has 0 spiro atoms. The summed E-state index contributed by atoms with van der Waals surface area (Å²) < 4.78 is 4.92. The van der Waals surface area contributed by atoms with E-state index in [0.29, 0.717) is 19.0 Å². The van der Waals surface area contributed by atoms with Crippen LogP contribution in [0, 0.1) is 0 Å². The van der Waals surface area contributed by atoms with Crippen LogP contribution < -0.4 is 4.90 Å². The van der Waals surface area contributed by atoms with Gasteiger partial charge in [0.05, 0.1) is 12.2 Å². The lowest BCUT2D eigenvalue weighted by molar-refractivity contribution is 0.0697. The van der Waals surface area contributed by atoms with Gasteiger partial charge in [0, 0.05) is 20.7 Å². The molecule has 0 saturated carbocycles. The van der Waals surface area contributed by atoms with E-state index in [1.54, 1.807) is 19.1 Å². The van der Waals surface area contributed by atoms with E-state index in [1.807, 2.05) is 0 Å². The number of methoxy groups -OCH3 is 1. The van der Waals surface area contributed by atoms with Crippen LogP contribution in [0.1, 0.15) is 10.4 Å². The number of pyridine rings is 1. The Bertz CT molecular complexity index is 384. The number of carboxylic acid groups (broad SMARTS) is 1. The first-order valence-electron chi connectivity index (χ1n) is 4.65. The summed E-state index contributed by atoms with van der Waals surface area (Å²) in [5.74, 6) is -0.507. The fourth-order valence-corrected chi connectivity index (χ4v) is 1.35. The van der Waals surface area contributed by atoms with Crippen LogP contribution >= 0.6 is 11.6 Å². The lowest BCUT2D eigenvalue weighted by Crippen LogP contribution is -2.23. The normalized spacial score (nSPS) is 10.2. The molecule has 1 aromatic heterocycles. The molecule has 5 nitrogen and oxygen atoms in total. The number of halogens is 1. The largest absolute Gasteiger partial charge is 0.478 e. The molecule has 0 atom stereocenters. The maximum absolute atomic E-state index is 10.8. The van der Waals surface area contributed by atoms with Gasteiger partial charge in [-0.15, -0.1) is 0 Å². The fraction of sp³-hybridized carbons (Fsp3) is 0.400. The first-order chi connectivity index (χ1) is 7.54. The Morgan fingerprint density at radius 3 is 2.88 bits per heavy atom. The molecule has 0 aromatic carbocycles. The van der Waals surface area contributed by atoms with Gasteiger partial charge in [0.2, 0.25) is 0 Å². The summed E-state index contributed by atoms with van der Waals surface area (Å²) in [5.41, 5.74) is 0.124. The van der Waals surface area contributed by atoms with Gasteiger partial charge in [-0.2, -0.15) is 0 Å². The molecule has 1 N–H and O–H groups in total. The average molecular weight is 245 g/mol. The van der Waals surface area contributed by atoms with Crippen molar-refractivity contribution >= 4 is 23.4 Å². The number of aromatic carboxylic acids is 1. The minimum absolute atomic E-state index is 0.124. The minimum Gasteiger partial charge on any atom is -0.478 e. The number of likely N-dealkylation sites (N-methyl/N-ethyl adjacent to an activating group) is 1. The first kappa shape index (κ1) is 12.7. The van der Waals surface area contributed by atoms with E-state index in [4.69, 9.17) is 21.4 Å². The van der Waals surface area contributed by atoms with Crippen molar-refractivity contribution in [3.05, 3.63) is 22.8 Å². The molecule has 1 rings (SSSR count). The van der Waals surface area contributed by atoms with Crippen LogP contribution in [-0.2, 0) is 4.74 Å². The zero-order valence-corrected chi connectivity index (χ0v) is 9.86. The van der Waals surface area contributed by atoms with Crippen molar-refractivity contribution in [3.8, 4) is 0 Å². The average Bonchev–Trinajstić information content (AvgIpc) is 2.24. The molecule has 16 heavy (non-hydrogen) atoms. The Hall–Kier alpha value is -1.33. The molecular formula is C10H13ClN2O3. The highest BCUT2D eigenvalue weighted by atomic mass is 35.5. The zero-order valence-electron chi connectivity index (χ0n) is 9.11. The van der Waals surface area contributed by atoms with Crippen molar-refractivity contribution < 1.29 is 14.6 Å². The number of rotatable bonds is 5. The number of ether oxygens (including phenoxy) is 1. The summed E-state index contributed by atoms with van der Waals surface area (Å²) in [4.78, 5) is 16.6. The number of hydrogen-bond donors (Lipinski definition) is 1. The molecule has 0 aliphatic heterocycles. The van der Waals surface area contributed by atoms with Crippen molar-refractivity contribution in [2.45, 2.75) is 0 Å². The van der Waals surface area contributed by atoms with E-state index >= 15 is 0 Å². The predicted octanol–water partition coefficient (Wildman–Crippen LogP) is 1.52. The standard InChI is InChI=1S/C10H13ClN2O3/c1-13(3-4-16-2)9-6-7(10(14)15)5-8(11)12-9/h5-6H,3-4H2,1-2H3,(H,14,15). The number of anilines is 1. The molecule has 88 valence electrons. The molecule has 0 aliphatic rings. The zero-order chi connectivity index (χ0) is 12.1. The maximum atomic E-state index is 10.8. The van der Waals surface area contributed by atoms with E-state index in [0.717, 1.165) is 0 Å². The second-order valence-corrected chi connectivity index (χ2v) is 3.64. The van der Waals surface area contributed by atoms with Gasteiger partial charge in [-0.1, -0.05) is 11.6 Å². The molecule has 0 unspecified atom stereocenters. The highest BCUT2D eigenvalue weighted by Gasteiger charge is 2.10. The lowest BCUT2D eigenvalue weighted by atomic mass is 10.2. The minimum atomic E-state index is -1.02. The van der Waals surface area contributed by atoms with Gasteiger partial charge in [0.1, 0.15) is 11.0 Å². The van der Waals surface area contributed by atoms with Crippen LogP contribution in [-0.4, -0.2) is 43.4 Å². The highest BCUT2D eigenvalue weighted by molar-refractivity contribution is 6.29. The maximum Gasteiger partial charge on any atom is 0.335 e. The van der Waals surface area contributed by atoms with Crippen LogP contribution in [0.25, 0.3) is 0 Å². The van der Waals surface area contributed by atoms with E-state index in [-0.39, 0.29) is 10.7 Å². The quantitative estimate of drug-likeness (QED) is 0.796. The van der Waals surface area contributed by atoms with E-state index < -0.39 is 5.97 Å². The van der Waals surface area contributed by atoms with Gasteiger partial charge in [-0.3, -0.25) is 0 Å². The molecule has 0 radical (unpaired) electrons. The van der Waals surface area contributed by atoms with Gasteiger partial charge in [0.25, 0.3) is 0 Å². The number of carboxylic acids is 1.